The molecule has 108 valence electrons. The van der Waals surface area contributed by atoms with Gasteiger partial charge in [-0.1, -0.05) is 24.0 Å². The van der Waals surface area contributed by atoms with Gasteiger partial charge in [0.25, 0.3) is 0 Å². The van der Waals surface area contributed by atoms with E-state index in [4.69, 9.17) is 5.11 Å². The molecule has 0 saturated carbocycles. The molecule has 6 heteroatoms. The highest BCUT2D eigenvalue weighted by Crippen LogP contribution is 2.25. The molecule has 1 aromatic carbocycles. The minimum absolute atomic E-state index is 0.170. The molecule has 1 heterocycles. The molecular weight excluding hydrogens is 294 g/mol. The molecule has 0 spiro atoms. The van der Waals surface area contributed by atoms with Gasteiger partial charge in [-0.25, -0.2) is 13.1 Å². The van der Waals surface area contributed by atoms with Crippen LogP contribution in [0.3, 0.4) is 0 Å². The third kappa shape index (κ3) is 4.00. The number of hydrogen-bond donors (Lipinski definition) is 2. The lowest BCUT2D eigenvalue weighted by Gasteiger charge is -2.11. The Hall–Kier alpha value is -1.00. The molecular formula is C14H17NO3S2. The zero-order chi connectivity index (χ0) is 14.4. The third-order valence-electron chi connectivity index (χ3n) is 3.00. The molecule has 0 amide bonds. The molecule has 0 aliphatic carbocycles. The molecule has 0 aromatic heterocycles. The van der Waals surface area contributed by atoms with E-state index in [2.05, 4.69) is 16.6 Å². The normalized spacial score (nSPS) is 18.6. The van der Waals surface area contributed by atoms with Gasteiger partial charge in [-0.15, -0.1) is 0 Å². The maximum Gasteiger partial charge on any atom is 0.241 e. The molecule has 1 aliphatic heterocycles. The Morgan fingerprint density at radius 1 is 1.40 bits per heavy atom. The first-order chi connectivity index (χ1) is 9.63. The smallest absolute Gasteiger partial charge is 0.241 e. The van der Waals surface area contributed by atoms with Crippen molar-refractivity contribution in [1.29, 1.82) is 0 Å². The Labute approximate surface area is 124 Å². The average Bonchev–Trinajstić information content (AvgIpc) is 2.97. The van der Waals surface area contributed by atoms with Crippen LogP contribution in [-0.4, -0.2) is 37.7 Å². The quantitative estimate of drug-likeness (QED) is 0.820. The van der Waals surface area contributed by atoms with E-state index < -0.39 is 10.0 Å². The first-order valence-electron chi connectivity index (χ1n) is 6.43. The molecule has 2 N–H and O–H groups in total. The van der Waals surface area contributed by atoms with Crippen molar-refractivity contribution in [2.75, 3.05) is 18.9 Å². The van der Waals surface area contributed by atoms with Crippen molar-refractivity contribution in [3.8, 4) is 11.8 Å². The van der Waals surface area contributed by atoms with Crippen LogP contribution in [0.15, 0.2) is 29.2 Å². The standard InChI is InChI=1S/C14H17NO3S2/c16-9-3-6-12-5-1-2-8-14(12)20(17,18)15-11-13-7-4-10-19-13/h1-2,5,8,13,15-16H,4,7,9-11H2. The van der Waals surface area contributed by atoms with Gasteiger partial charge in [-0.05, 0) is 30.7 Å². The van der Waals surface area contributed by atoms with E-state index in [1.54, 1.807) is 18.2 Å². The van der Waals surface area contributed by atoms with E-state index >= 15 is 0 Å². The van der Waals surface area contributed by atoms with Crippen LogP contribution in [0.5, 0.6) is 0 Å². The number of aliphatic hydroxyl groups is 1. The zero-order valence-electron chi connectivity index (χ0n) is 11.0. The summed E-state index contributed by atoms with van der Waals surface area (Å²) in [6.07, 6.45) is 2.20. The van der Waals surface area contributed by atoms with E-state index in [0.29, 0.717) is 17.4 Å². The fraction of sp³-hybridized carbons (Fsp3) is 0.429. The van der Waals surface area contributed by atoms with Gasteiger partial charge in [0, 0.05) is 17.4 Å². The van der Waals surface area contributed by atoms with Gasteiger partial charge in [0.15, 0.2) is 0 Å². The fourth-order valence-electron chi connectivity index (χ4n) is 2.02. The third-order valence-corrected chi connectivity index (χ3v) is 5.88. The van der Waals surface area contributed by atoms with Gasteiger partial charge in [-0.2, -0.15) is 11.8 Å². The van der Waals surface area contributed by atoms with Crippen molar-refractivity contribution >= 4 is 21.8 Å². The molecule has 0 radical (unpaired) electrons. The zero-order valence-corrected chi connectivity index (χ0v) is 12.6. The second-order valence-electron chi connectivity index (χ2n) is 4.44. The SMILES string of the molecule is O=S(=O)(NCC1CCCS1)c1ccccc1C#CCO. The van der Waals surface area contributed by atoms with E-state index in [1.807, 2.05) is 11.8 Å². The highest BCUT2D eigenvalue weighted by Gasteiger charge is 2.21. The second-order valence-corrected chi connectivity index (χ2v) is 7.59. The van der Waals surface area contributed by atoms with E-state index in [0.717, 1.165) is 18.6 Å². The number of thioether (sulfide) groups is 1. The summed E-state index contributed by atoms with van der Waals surface area (Å²) in [7, 11) is -3.56. The molecule has 1 saturated heterocycles. The number of rotatable bonds is 4. The van der Waals surface area contributed by atoms with Gasteiger partial charge in [0.2, 0.25) is 10.0 Å². The second kappa shape index (κ2) is 7.14. The summed E-state index contributed by atoms with van der Waals surface area (Å²) in [4.78, 5) is 0.170. The van der Waals surface area contributed by atoms with Gasteiger partial charge in [-0.3, -0.25) is 0 Å². The molecule has 20 heavy (non-hydrogen) atoms. The highest BCUT2D eigenvalue weighted by molar-refractivity contribution is 8.00. The number of nitrogens with one attached hydrogen (secondary N) is 1. The van der Waals surface area contributed by atoms with Crippen molar-refractivity contribution in [2.24, 2.45) is 0 Å². The van der Waals surface area contributed by atoms with Crippen molar-refractivity contribution in [2.45, 2.75) is 23.0 Å². The monoisotopic (exact) mass is 311 g/mol. The topological polar surface area (TPSA) is 66.4 Å². The maximum absolute atomic E-state index is 12.3. The Morgan fingerprint density at radius 2 is 2.20 bits per heavy atom. The van der Waals surface area contributed by atoms with Crippen molar-refractivity contribution in [3.63, 3.8) is 0 Å². The fourth-order valence-corrected chi connectivity index (χ4v) is 4.57. The minimum atomic E-state index is -3.56. The lowest BCUT2D eigenvalue weighted by molar-refractivity contribution is 0.350. The molecule has 1 unspecified atom stereocenters. The predicted octanol–water partition coefficient (Wildman–Crippen LogP) is 1.20. The summed E-state index contributed by atoms with van der Waals surface area (Å²) < 4.78 is 27.3. The van der Waals surface area contributed by atoms with Crippen LogP contribution in [0.2, 0.25) is 0 Å². The highest BCUT2D eigenvalue weighted by atomic mass is 32.2. The van der Waals surface area contributed by atoms with E-state index in [1.165, 1.54) is 6.07 Å². The molecule has 4 nitrogen and oxygen atoms in total. The Bertz CT molecular complexity index is 611. The van der Waals surface area contributed by atoms with E-state index in [9.17, 15) is 8.42 Å². The molecule has 1 fully saturated rings. The first kappa shape index (κ1) is 15.4. The molecule has 1 aliphatic rings. The molecule has 0 bridgehead atoms. The van der Waals surface area contributed by atoms with Crippen LogP contribution in [0.4, 0.5) is 0 Å². The van der Waals surface area contributed by atoms with Crippen molar-refractivity contribution < 1.29 is 13.5 Å². The minimum Gasteiger partial charge on any atom is -0.384 e. The summed E-state index contributed by atoms with van der Waals surface area (Å²) in [5.74, 6) is 6.26. The number of sulfonamides is 1. The van der Waals surface area contributed by atoms with Crippen LogP contribution in [0.25, 0.3) is 0 Å². The largest absolute Gasteiger partial charge is 0.384 e. The lowest BCUT2D eigenvalue weighted by Crippen LogP contribution is -2.30. The van der Waals surface area contributed by atoms with Crippen LogP contribution in [0.1, 0.15) is 18.4 Å². The van der Waals surface area contributed by atoms with Crippen molar-refractivity contribution in [3.05, 3.63) is 29.8 Å². The number of benzene rings is 1. The summed E-state index contributed by atoms with van der Waals surface area (Å²) in [6.45, 7) is 0.162. The number of aliphatic hydroxyl groups excluding tert-OH is 1. The van der Waals surface area contributed by atoms with Gasteiger partial charge in [0.1, 0.15) is 6.61 Å². The predicted molar refractivity (Wildman–Crippen MR) is 81.1 cm³/mol. The lowest BCUT2D eigenvalue weighted by atomic mass is 10.2. The van der Waals surface area contributed by atoms with Crippen molar-refractivity contribution in [1.82, 2.24) is 4.72 Å². The maximum atomic E-state index is 12.3. The summed E-state index contributed by atoms with van der Waals surface area (Å²) >= 11 is 1.81. The molecule has 1 aromatic rings. The first-order valence-corrected chi connectivity index (χ1v) is 8.97. The molecule has 1 atom stereocenters. The van der Waals surface area contributed by atoms with Crippen LogP contribution in [0, 0.1) is 11.8 Å². The Kier molecular flexibility index (Phi) is 5.49. The van der Waals surface area contributed by atoms with E-state index in [-0.39, 0.29) is 11.5 Å². The summed E-state index contributed by atoms with van der Waals surface area (Å²) in [5, 5.41) is 9.09. The van der Waals surface area contributed by atoms with Gasteiger partial charge < -0.3 is 5.11 Å². The Balaban J connectivity index is 2.16. The van der Waals surface area contributed by atoms with Gasteiger partial charge in [0.05, 0.1) is 4.90 Å². The summed E-state index contributed by atoms with van der Waals surface area (Å²) in [6, 6.07) is 6.57. The van der Waals surface area contributed by atoms with Crippen LogP contribution < -0.4 is 4.72 Å². The molecule has 2 rings (SSSR count). The average molecular weight is 311 g/mol. The van der Waals surface area contributed by atoms with Gasteiger partial charge >= 0.3 is 0 Å². The summed E-state index contributed by atoms with van der Waals surface area (Å²) in [5.41, 5.74) is 0.410. The number of hydrogen-bond acceptors (Lipinski definition) is 4. The van der Waals surface area contributed by atoms with Crippen LogP contribution >= 0.6 is 11.8 Å². The van der Waals surface area contributed by atoms with Crippen LogP contribution in [-0.2, 0) is 10.0 Å². The Morgan fingerprint density at radius 3 is 2.90 bits per heavy atom.